The molecule has 0 N–H and O–H groups in total. The standard InChI is InChI=1S/C34H21/c1-3-15-25-23(11-1)13-9-21-27(25)33-29-17-5-7-19-31(29)34(32-20-8-6-18-30(32)33)28-22-10-14-24-12-2-4-16-26(24)28/h1-7,9-22H. The van der Waals surface area contributed by atoms with Gasteiger partial charge in [-0.2, -0.15) is 0 Å². The summed E-state index contributed by atoms with van der Waals surface area (Å²) in [5, 5.41) is 10.1. The average molecular weight is 430 g/mol. The second kappa shape index (κ2) is 7.57. The summed E-state index contributed by atoms with van der Waals surface area (Å²) in [5.41, 5.74) is 5.11. The van der Waals surface area contributed by atoms with E-state index in [0.717, 1.165) is 0 Å². The molecule has 0 saturated carbocycles. The summed E-state index contributed by atoms with van der Waals surface area (Å²) in [7, 11) is 0. The van der Waals surface area contributed by atoms with Gasteiger partial charge in [0.1, 0.15) is 0 Å². The van der Waals surface area contributed by atoms with Crippen molar-refractivity contribution in [3.05, 3.63) is 133 Å². The Hall–Kier alpha value is -4.42. The Morgan fingerprint density at radius 2 is 0.794 bits per heavy atom. The lowest BCUT2D eigenvalue weighted by atomic mass is 9.84. The predicted molar refractivity (Wildman–Crippen MR) is 146 cm³/mol. The van der Waals surface area contributed by atoms with Crippen LogP contribution >= 0.6 is 0 Å². The molecule has 0 heterocycles. The Bertz CT molecular complexity index is 1650. The van der Waals surface area contributed by atoms with Crippen LogP contribution < -0.4 is 0 Å². The molecule has 0 unspecified atom stereocenters. The zero-order chi connectivity index (χ0) is 22.5. The number of hydrogen-bond acceptors (Lipinski definition) is 0. The highest BCUT2D eigenvalue weighted by atomic mass is 14.2. The van der Waals surface area contributed by atoms with Crippen molar-refractivity contribution in [3.8, 4) is 22.3 Å². The van der Waals surface area contributed by atoms with E-state index in [0.29, 0.717) is 0 Å². The van der Waals surface area contributed by atoms with Gasteiger partial charge in [0.15, 0.2) is 0 Å². The monoisotopic (exact) mass is 429 g/mol. The van der Waals surface area contributed by atoms with Crippen molar-refractivity contribution in [1.29, 1.82) is 0 Å². The second-order valence-electron chi connectivity index (χ2n) is 8.82. The van der Waals surface area contributed by atoms with Crippen LogP contribution in [0.25, 0.3) is 65.3 Å². The minimum atomic E-state index is 1.24. The quantitative estimate of drug-likeness (QED) is 0.240. The zero-order valence-corrected chi connectivity index (χ0v) is 18.6. The fraction of sp³-hybridized carbons (Fsp3) is 0. The van der Waals surface area contributed by atoms with Gasteiger partial charge in [-0.15, -0.1) is 0 Å². The van der Waals surface area contributed by atoms with E-state index in [4.69, 9.17) is 0 Å². The van der Waals surface area contributed by atoms with Crippen molar-refractivity contribution in [2.24, 2.45) is 0 Å². The first-order valence-corrected chi connectivity index (χ1v) is 11.7. The van der Waals surface area contributed by atoms with Gasteiger partial charge in [0.25, 0.3) is 0 Å². The van der Waals surface area contributed by atoms with E-state index < -0.39 is 0 Å². The molecule has 0 aliphatic carbocycles. The molecule has 0 saturated heterocycles. The molecule has 0 aliphatic rings. The summed E-state index contributed by atoms with van der Waals surface area (Å²) < 4.78 is 0. The molecule has 0 amide bonds. The van der Waals surface area contributed by atoms with Gasteiger partial charge >= 0.3 is 0 Å². The molecule has 0 nitrogen and oxygen atoms in total. The van der Waals surface area contributed by atoms with Crippen LogP contribution in [-0.4, -0.2) is 0 Å². The van der Waals surface area contributed by atoms with Crippen LogP contribution in [0, 0.1) is 6.07 Å². The van der Waals surface area contributed by atoms with Gasteiger partial charge in [-0.1, -0.05) is 121 Å². The minimum absolute atomic E-state index is 1.24. The normalized spacial score (nSPS) is 11.5. The summed E-state index contributed by atoms with van der Waals surface area (Å²) in [4.78, 5) is 0. The molecule has 0 atom stereocenters. The van der Waals surface area contributed by atoms with Crippen LogP contribution in [0.4, 0.5) is 0 Å². The SMILES string of the molecule is [c]1ccc2c(-c3cccc4ccccc34)c3ccccc3c(-c3cccc4ccccc34)c2c1. The molecular weight excluding hydrogens is 408 g/mol. The maximum atomic E-state index is 3.37. The Kier molecular flexibility index (Phi) is 4.25. The van der Waals surface area contributed by atoms with Crippen LogP contribution in [0.15, 0.2) is 127 Å². The highest BCUT2D eigenvalue weighted by Gasteiger charge is 2.18. The molecule has 0 fully saturated rings. The first-order chi connectivity index (χ1) is 16.9. The van der Waals surface area contributed by atoms with E-state index >= 15 is 0 Å². The molecule has 0 bridgehead atoms. The fourth-order valence-corrected chi connectivity index (χ4v) is 5.53. The van der Waals surface area contributed by atoms with Crippen molar-refractivity contribution >= 4 is 43.1 Å². The van der Waals surface area contributed by atoms with Gasteiger partial charge in [0.2, 0.25) is 0 Å². The largest absolute Gasteiger partial charge is 0.0616 e. The summed E-state index contributed by atoms with van der Waals surface area (Å²) in [5.74, 6) is 0. The van der Waals surface area contributed by atoms with Gasteiger partial charge < -0.3 is 0 Å². The lowest BCUT2D eigenvalue weighted by molar-refractivity contribution is 1.68. The fourth-order valence-electron chi connectivity index (χ4n) is 5.53. The maximum Gasteiger partial charge on any atom is -0.00199 e. The molecule has 0 spiro atoms. The summed E-state index contributed by atoms with van der Waals surface area (Å²) in [6, 6.07) is 49.3. The highest BCUT2D eigenvalue weighted by molar-refractivity contribution is 6.25. The molecular formula is C34H21. The van der Waals surface area contributed by atoms with Gasteiger partial charge in [0, 0.05) is 0 Å². The predicted octanol–water partition coefficient (Wildman–Crippen LogP) is 9.43. The van der Waals surface area contributed by atoms with Crippen molar-refractivity contribution in [2.75, 3.05) is 0 Å². The van der Waals surface area contributed by atoms with E-state index in [1.165, 1.54) is 65.3 Å². The molecule has 7 rings (SSSR count). The van der Waals surface area contributed by atoms with Gasteiger partial charge in [-0.05, 0) is 77.5 Å². The number of rotatable bonds is 2. The summed E-state index contributed by atoms with van der Waals surface area (Å²) in [6.45, 7) is 0. The molecule has 157 valence electrons. The average Bonchev–Trinajstić information content (AvgIpc) is 2.91. The third-order valence-corrected chi connectivity index (χ3v) is 6.99. The van der Waals surface area contributed by atoms with E-state index in [9.17, 15) is 0 Å². The third-order valence-electron chi connectivity index (χ3n) is 6.99. The minimum Gasteiger partial charge on any atom is -0.0616 e. The van der Waals surface area contributed by atoms with Crippen molar-refractivity contribution < 1.29 is 0 Å². The smallest absolute Gasteiger partial charge is 0.00199 e. The molecule has 7 aromatic rings. The Morgan fingerprint density at radius 3 is 1.38 bits per heavy atom. The van der Waals surface area contributed by atoms with Crippen LogP contribution in [0.2, 0.25) is 0 Å². The van der Waals surface area contributed by atoms with Crippen LogP contribution in [0.3, 0.4) is 0 Å². The van der Waals surface area contributed by atoms with E-state index in [1.54, 1.807) is 0 Å². The van der Waals surface area contributed by atoms with E-state index in [2.05, 4.69) is 127 Å². The van der Waals surface area contributed by atoms with Crippen molar-refractivity contribution in [2.45, 2.75) is 0 Å². The topological polar surface area (TPSA) is 0 Å². The third kappa shape index (κ3) is 2.79. The van der Waals surface area contributed by atoms with Crippen molar-refractivity contribution in [1.82, 2.24) is 0 Å². The molecule has 0 aliphatic heterocycles. The second-order valence-corrected chi connectivity index (χ2v) is 8.82. The molecule has 7 aromatic carbocycles. The van der Waals surface area contributed by atoms with Crippen molar-refractivity contribution in [3.63, 3.8) is 0 Å². The first kappa shape index (κ1) is 19.1. The van der Waals surface area contributed by atoms with E-state index in [1.807, 2.05) is 6.07 Å². The van der Waals surface area contributed by atoms with Gasteiger partial charge in [0.05, 0.1) is 0 Å². The maximum absolute atomic E-state index is 3.37. The zero-order valence-electron chi connectivity index (χ0n) is 18.6. The number of fused-ring (bicyclic) bond motifs is 4. The van der Waals surface area contributed by atoms with Gasteiger partial charge in [-0.3, -0.25) is 0 Å². The number of hydrogen-bond donors (Lipinski definition) is 0. The summed E-state index contributed by atoms with van der Waals surface area (Å²) >= 11 is 0. The molecule has 1 radical (unpaired) electrons. The Morgan fingerprint density at radius 1 is 0.353 bits per heavy atom. The molecule has 0 heteroatoms. The Labute approximate surface area is 198 Å². The van der Waals surface area contributed by atoms with Crippen LogP contribution in [-0.2, 0) is 0 Å². The summed E-state index contributed by atoms with van der Waals surface area (Å²) in [6.07, 6.45) is 0. The lowest BCUT2D eigenvalue weighted by Crippen LogP contribution is -1.92. The van der Waals surface area contributed by atoms with E-state index in [-0.39, 0.29) is 0 Å². The number of benzene rings is 7. The molecule has 0 aromatic heterocycles. The van der Waals surface area contributed by atoms with Crippen LogP contribution in [0.5, 0.6) is 0 Å². The Balaban J connectivity index is 1.70. The first-order valence-electron chi connectivity index (χ1n) is 11.7. The highest BCUT2D eigenvalue weighted by Crippen LogP contribution is 2.46. The molecule has 34 heavy (non-hydrogen) atoms. The van der Waals surface area contributed by atoms with Crippen LogP contribution in [0.1, 0.15) is 0 Å². The lowest BCUT2D eigenvalue weighted by Gasteiger charge is -2.19. The van der Waals surface area contributed by atoms with Gasteiger partial charge in [-0.25, -0.2) is 0 Å².